The predicted octanol–water partition coefficient (Wildman–Crippen LogP) is -1.07. The van der Waals surface area contributed by atoms with Gasteiger partial charge < -0.3 is 42.0 Å². The Bertz CT molecular complexity index is 699. The van der Waals surface area contributed by atoms with E-state index in [0.717, 1.165) is 0 Å². The van der Waals surface area contributed by atoms with E-state index in [4.69, 9.17) is 26.3 Å². The van der Waals surface area contributed by atoms with Gasteiger partial charge in [-0.25, -0.2) is 4.79 Å². The Morgan fingerprint density at radius 1 is 1.22 bits per heavy atom. The van der Waals surface area contributed by atoms with Gasteiger partial charge in [-0.2, -0.15) is 0 Å². The third-order valence-corrected chi connectivity index (χ3v) is 5.45. The topological polar surface area (TPSA) is 214 Å². The second-order valence-electron chi connectivity index (χ2n) is 9.36. The van der Waals surface area contributed by atoms with Gasteiger partial charge in [-0.3, -0.25) is 14.4 Å². The van der Waals surface area contributed by atoms with Gasteiger partial charge in [0.25, 0.3) is 0 Å². The maximum atomic E-state index is 12.6. The minimum Gasteiger partial charge on any atom is -0.480 e. The molecule has 0 aromatic carbocycles. The summed E-state index contributed by atoms with van der Waals surface area (Å²) in [6, 6.07) is -1.29. The molecule has 32 heavy (non-hydrogen) atoms. The van der Waals surface area contributed by atoms with Crippen molar-refractivity contribution >= 4 is 31.0 Å². The molecule has 12 nitrogen and oxygen atoms in total. The number of aliphatic carboxylic acids is 1. The Balaban J connectivity index is 2.79. The molecule has 0 bridgehead atoms. The number of carboxylic acids is 1. The zero-order chi connectivity index (χ0) is 24.7. The van der Waals surface area contributed by atoms with Gasteiger partial charge in [0.05, 0.1) is 6.42 Å². The molecule has 1 fully saturated rings. The van der Waals surface area contributed by atoms with Gasteiger partial charge in [0.15, 0.2) is 0 Å². The third kappa shape index (κ3) is 9.01. The number of carbonyl (C=O) groups excluding carboxylic acids is 3. The zero-order valence-electron chi connectivity index (χ0n) is 18.8. The molecule has 1 aliphatic carbocycles. The molecule has 0 aliphatic heterocycles. The van der Waals surface area contributed by atoms with E-state index in [1.807, 2.05) is 0 Å². The fourth-order valence-electron chi connectivity index (χ4n) is 3.83. The largest absolute Gasteiger partial charge is 0.480 e. The highest BCUT2D eigenvalue weighted by Gasteiger charge is 2.47. The van der Waals surface area contributed by atoms with Crippen LogP contribution in [0.1, 0.15) is 52.9 Å². The number of carbonyl (C=O) groups is 4. The highest BCUT2D eigenvalue weighted by atomic mass is 16.6. The van der Waals surface area contributed by atoms with Crippen molar-refractivity contribution in [3.8, 4) is 0 Å². The van der Waals surface area contributed by atoms with Crippen LogP contribution in [0.2, 0.25) is 6.32 Å². The van der Waals surface area contributed by atoms with Crippen molar-refractivity contribution in [1.29, 1.82) is 0 Å². The fourth-order valence-corrected chi connectivity index (χ4v) is 3.83. The molecule has 1 saturated carbocycles. The lowest BCUT2D eigenvalue weighted by molar-refractivity contribution is -0.148. The predicted molar refractivity (Wildman–Crippen MR) is 115 cm³/mol. The summed E-state index contributed by atoms with van der Waals surface area (Å²) in [5.41, 5.74) is 8.94. The molecule has 1 rings (SSSR count). The monoisotopic (exact) mass is 458 g/mol. The van der Waals surface area contributed by atoms with Crippen molar-refractivity contribution in [2.75, 3.05) is 6.54 Å². The number of carboxylic acid groups (broad SMARTS) is 1. The molecule has 0 aromatic rings. The molecule has 0 saturated heterocycles. The summed E-state index contributed by atoms with van der Waals surface area (Å²) in [5.74, 6) is -3.44. The first-order chi connectivity index (χ1) is 14.6. The van der Waals surface area contributed by atoms with Gasteiger partial charge in [0.1, 0.15) is 17.2 Å². The van der Waals surface area contributed by atoms with Gasteiger partial charge in [-0.05, 0) is 52.3 Å². The summed E-state index contributed by atoms with van der Waals surface area (Å²) >= 11 is 0. The van der Waals surface area contributed by atoms with Gasteiger partial charge in [0.2, 0.25) is 11.8 Å². The van der Waals surface area contributed by atoms with E-state index in [1.54, 1.807) is 20.8 Å². The molecule has 0 unspecified atom stereocenters. The molecule has 0 spiro atoms. The van der Waals surface area contributed by atoms with Crippen molar-refractivity contribution in [3.05, 3.63) is 0 Å². The van der Waals surface area contributed by atoms with Crippen LogP contribution in [0.5, 0.6) is 0 Å². The highest BCUT2D eigenvalue weighted by molar-refractivity contribution is 6.40. The van der Waals surface area contributed by atoms with E-state index in [1.165, 1.54) is 0 Å². The van der Waals surface area contributed by atoms with Crippen LogP contribution in [-0.2, 0) is 19.1 Å². The van der Waals surface area contributed by atoms with Crippen LogP contribution < -0.4 is 22.1 Å². The quantitative estimate of drug-likeness (QED) is 0.198. The van der Waals surface area contributed by atoms with Gasteiger partial charge in [-0.1, -0.05) is 6.42 Å². The maximum absolute atomic E-state index is 12.6. The molecule has 0 radical (unpaired) electrons. The maximum Gasteiger partial charge on any atom is 0.451 e. The molecular weight excluding hydrogens is 423 g/mol. The first-order valence-electron chi connectivity index (χ1n) is 10.6. The summed E-state index contributed by atoms with van der Waals surface area (Å²) < 4.78 is 5.10. The Labute approximate surface area is 187 Å². The molecule has 4 atom stereocenters. The van der Waals surface area contributed by atoms with E-state index in [2.05, 4.69) is 10.6 Å². The second kappa shape index (κ2) is 11.5. The van der Waals surface area contributed by atoms with Crippen molar-refractivity contribution in [2.24, 2.45) is 23.3 Å². The molecule has 0 heterocycles. The van der Waals surface area contributed by atoms with Crippen LogP contribution in [0.25, 0.3) is 0 Å². The number of nitrogens with two attached hydrogens (primary N) is 2. The van der Waals surface area contributed by atoms with Crippen LogP contribution >= 0.6 is 0 Å². The Morgan fingerprint density at radius 2 is 1.84 bits per heavy atom. The number of primary amides is 1. The van der Waals surface area contributed by atoms with Crippen molar-refractivity contribution in [3.63, 3.8) is 0 Å². The SMILES string of the molecule is CC(C)(C)OC(=O)N[C@@H](CC(N)=O)C(=O)NC[C@@H]1CC[C@@H](CCB(O)O)C[C@]1(N)C(=O)O. The van der Waals surface area contributed by atoms with Crippen molar-refractivity contribution < 1.29 is 39.1 Å². The summed E-state index contributed by atoms with van der Waals surface area (Å²) in [7, 11) is -1.47. The fraction of sp³-hybridized carbons (Fsp3) is 0.789. The van der Waals surface area contributed by atoms with Crippen LogP contribution in [0.15, 0.2) is 0 Å². The van der Waals surface area contributed by atoms with Gasteiger partial charge in [0, 0.05) is 12.5 Å². The Morgan fingerprint density at radius 3 is 2.34 bits per heavy atom. The number of ether oxygens (including phenoxy) is 1. The highest BCUT2D eigenvalue weighted by Crippen LogP contribution is 2.38. The first-order valence-corrected chi connectivity index (χ1v) is 10.6. The smallest absolute Gasteiger partial charge is 0.451 e. The summed E-state index contributed by atoms with van der Waals surface area (Å²) in [6.07, 6.45) is 0.306. The van der Waals surface area contributed by atoms with Crippen LogP contribution in [0.4, 0.5) is 4.79 Å². The lowest BCUT2D eigenvalue weighted by atomic mass is 9.66. The second-order valence-corrected chi connectivity index (χ2v) is 9.36. The molecule has 9 N–H and O–H groups in total. The number of amides is 3. The van der Waals surface area contributed by atoms with Crippen molar-refractivity contribution in [1.82, 2.24) is 10.6 Å². The standard InChI is InChI=1S/C19H35BN4O8/c1-18(2,3)32-17(29)24-13(8-14(21)25)15(26)23-10-12-5-4-11(6-7-20(30)31)9-19(12,22)16(27)28/h11-13,30-31H,4-10,22H2,1-3H3,(H2,21,25)(H,23,26)(H,24,29)(H,27,28)/t11-,12-,13-,19+/m0/s1. The number of rotatable bonds is 10. The van der Waals surface area contributed by atoms with Gasteiger partial charge >= 0.3 is 19.2 Å². The minimum absolute atomic E-state index is 0.0811. The molecular formula is C19H35BN4O8. The summed E-state index contributed by atoms with van der Waals surface area (Å²) in [6.45, 7) is 4.84. The summed E-state index contributed by atoms with van der Waals surface area (Å²) in [5, 5.41) is 32.7. The Kier molecular flexibility index (Phi) is 9.92. The number of nitrogens with one attached hydrogen (secondary N) is 2. The van der Waals surface area contributed by atoms with Crippen LogP contribution in [0, 0.1) is 11.8 Å². The molecule has 1 aliphatic rings. The Hall–Kier alpha value is -2.38. The number of alkyl carbamates (subject to hydrolysis) is 1. The summed E-state index contributed by atoms with van der Waals surface area (Å²) in [4.78, 5) is 47.9. The number of hydrogen-bond donors (Lipinski definition) is 7. The molecule has 182 valence electrons. The van der Waals surface area contributed by atoms with E-state index in [-0.39, 0.29) is 25.2 Å². The first kappa shape index (κ1) is 27.7. The third-order valence-electron chi connectivity index (χ3n) is 5.45. The van der Waals surface area contributed by atoms with E-state index < -0.39 is 60.5 Å². The minimum atomic E-state index is -1.62. The lowest BCUT2D eigenvalue weighted by Gasteiger charge is -2.41. The molecule has 3 amide bonds. The van der Waals surface area contributed by atoms with Gasteiger partial charge in [-0.15, -0.1) is 0 Å². The molecule has 13 heteroatoms. The van der Waals surface area contributed by atoms with E-state index in [9.17, 15) is 24.3 Å². The van der Waals surface area contributed by atoms with Crippen LogP contribution in [0.3, 0.4) is 0 Å². The lowest BCUT2D eigenvalue weighted by Crippen LogP contribution is -2.61. The van der Waals surface area contributed by atoms with Crippen molar-refractivity contribution in [2.45, 2.75) is 76.4 Å². The number of hydrogen-bond acceptors (Lipinski definition) is 8. The van der Waals surface area contributed by atoms with Crippen LogP contribution in [-0.4, -0.2) is 69.9 Å². The normalized spacial score (nSPS) is 24.2. The molecule has 0 aromatic heterocycles. The zero-order valence-corrected chi connectivity index (χ0v) is 18.8. The average Bonchev–Trinajstić information content (AvgIpc) is 2.62. The average molecular weight is 458 g/mol. The van der Waals surface area contributed by atoms with E-state index in [0.29, 0.717) is 19.3 Å². The van der Waals surface area contributed by atoms with E-state index >= 15 is 0 Å².